The number of esters is 4. The normalized spacial score (nSPS) is 19.7. The van der Waals surface area contributed by atoms with E-state index in [0.29, 0.717) is 26.5 Å². The van der Waals surface area contributed by atoms with E-state index < -0.39 is 119 Å². The second kappa shape index (κ2) is 63.5. The van der Waals surface area contributed by atoms with Crippen LogP contribution in [0.5, 0.6) is 0 Å². The van der Waals surface area contributed by atoms with Crippen molar-refractivity contribution in [2.75, 3.05) is 90.3 Å². The van der Waals surface area contributed by atoms with Gasteiger partial charge in [-0.1, -0.05) is 136 Å². The third-order valence-corrected chi connectivity index (χ3v) is 32.6. The second-order valence-corrected chi connectivity index (χ2v) is 45.0. The van der Waals surface area contributed by atoms with Crippen LogP contribution in [0.2, 0.25) is 0 Å². The number of carbonyl (C=O) groups excluding carboxylic acids is 11. The average molecular weight is 2140 g/mol. The molecule has 7 heterocycles. The molecule has 3 aliphatic heterocycles. The van der Waals surface area contributed by atoms with Crippen molar-refractivity contribution >= 4 is 123 Å². The van der Waals surface area contributed by atoms with Crippen molar-refractivity contribution in [2.45, 2.75) is 344 Å². The van der Waals surface area contributed by atoms with Gasteiger partial charge < -0.3 is 80.4 Å². The third kappa shape index (κ3) is 40.8. The van der Waals surface area contributed by atoms with Gasteiger partial charge in [0, 0.05) is 124 Å². The van der Waals surface area contributed by atoms with Crippen molar-refractivity contribution < 1.29 is 149 Å². The minimum atomic E-state index is -4.64. The molecule has 0 radical (unpaired) electrons. The predicted octanol–water partition coefficient (Wildman–Crippen LogP) is 12.4. The summed E-state index contributed by atoms with van der Waals surface area (Å²) in [5, 5.41) is 68.6. The Morgan fingerprint density at radius 1 is 0.445 bits per heavy atom. The fraction of sp³-hybridized carbons (Fsp3) is 0.755. The van der Waals surface area contributed by atoms with Crippen LogP contribution in [0.4, 0.5) is 13.2 Å². The summed E-state index contributed by atoms with van der Waals surface area (Å²) in [6.07, 6.45) is 0.679. The SMILES string of the molecule is CC[C@H](C)[C@H](CC(=O)OC(C)(C)C)C(=O)N(C)[C@H](C[C@H](O)c1nc(C(=O)OC)cs1)C(C)C.CC[C@H](C)[C@H](CC(=O)[C@@]1(C)CCCN1C)C(=O)N(C)[C@H](C[C@H](O)c1nc(C(=O)O)cs1)C(C)C.CC[C@H](C)[C@H](CC(=O)[C@@]1(C)CCCN1C)C(=O)N(C)[C@H](C[C@H](O)c1nc(C(=O)OC)cs1)C(C)C.CC[C@H](C)[C@H](N)C(=O)N(C)[C@H](C[C@H](O)c1nc(C(=O)OC)cs1)C(C)C.CN1CCC[C@]1(C)C(=O)O.O=CC(F)(F)F.[Li+].[OH-]. The summed E-state index contributed by atoms with van der Waals surface area (Å²) in [4.78, 5) is 188. The van der Waals surface area contributed by atoms with Crippen LogP contribution < -0.4 is 24.6 Å². The van der Waals surface area contributed by atoms with Gasteiger partial charge in [0.25, 0.3) is 0 Å². The molecule has 44 heteroatoms. The molecule has 0 unspecified atom stereocenters. The monoisotopic (exact) mass is 2140 g/mol. The van der Waals surface area contributed by atoms with Crippen LogP contribution in [-0.2, 0) is 62.1 Å². The molecular weight excluding hydrogens is 1970 g/mol. The van der Waals surface area contributed by atoms with E-state index in [-0.39, 0.29) is 192 Å². The van der Waals surface area contributed by atoms with Gasteiger partial charge in [-0.15, -0.1) is 45.3 Å². The molecule has 36 nitrogen and oxygen atoms in total. The average Bonchev–Trinajstić information content (AvgIpc) is 1.83. The molecule has 146 heavy (non-hydrogen) atoms. The zero-order valence-corrected chi connectivity index (χ0v) is 95.7. The van der Waals surface area contributed by atoms with Crippen LogP contribution >= 0.6 is 45.3 Å². The molecule has 0 spiro atoms. The molecule has 3 fully saturated rings. The summed E-state index contributed by atoms with van der Waals surface area (Å²) in [7, 11) is 16.6. The molecule has 19 atom stereocenters. The molecule has 3 saturated heterocycles. The first-order valence-corrected chi connectivity index (χ1v) is 53.2. The number of methoxy groups -OCH3 is 3. The number of ketones is 2. The Kier molecular flexibility index (Phi) is 60.2. The number of halogens is 3. The number of thiazole rings is 4. The summed E-state index contributed by atoms with van der Waals surface area (Å²) >= 11 is 4.68. The Hall–Kier alpha value is -7.74. The summed E-state index contributed by atoms with van der Waals surface area (Å²) in [6, 6.07) is -1.59. The Morgan fingerprint density at radius 2 is 0.685 bits per heavy atom. The Labute approximate surface area is 890 Å². The number of rotatable bonds is 45. The van der Waals surface area contributed by atoms with E-state index in [1.54, 1.807) is 91.6 Å². The van der Waals surface area contributed by atoms with Crippen LogP contribution in [0.15, 0.2) is 21.5 Å². The number of hydrogen-bond donors (Lipinski definition) is 7. The minimum Gasteiger partial charge on any atom is -0.870 e. The van der Waals surface area contributed by atoms with E-state index >= 15 is 0 Å². The summed E-state index contributed by atoms with van der Waals surface area (Å²) in [5.41, 5.74) is 4.24. The number of aromatic carboxylic acids is 1. The molecule has 0 saturated carbocycles. The maximum absolute atomic E-state index is 13.8. The van der Waals surface area contributed by atoms with Gasteiger partial charge in [-0.05, 0) is 168 Å². The number of aromatic nitrogens is 4. The van der Waals surface area contributed by atoms with E-state index in [9.17, 15) is 91.1 Å². The standard InChI is InChI=1S/C26H43N3O5S.C25H41N3O5S.C24H40N2O6S.C18H31N3O4S.C7H13NO2.C2HF3O.Li.H2O/c1-9-17(4)18(13-22(31)26(5)11-10-12-28(26)6)24(32)29(7)20(16(2)3)14-21(30)23-27-19(15-35-23)25(33)34-8;1-8-16(4)17(12-21(30)25(5)10-9-11-27(25)6)23(31)28(7)19(15(2)3)13-20(29)22-26-18(14-34-22)24(32)33;1-10-15(4)16(11-20(28)32-24(5,6)7)22(29)26(8)18(14(2)3)12-19(27)21-25-17(13-33-21)23(30)31-9;1-7-11(4)15(19)17(23)21(5)13(10(2)3)8-14(22)16-20-12(9-26-16)18(24)25-6;1-7(6(9)10)4-3-5-8(7)2;3-2(4,5)1-6;;/h15-18,20-21,30H,9-14H2,1-8H3;14-17,19-20,29H,8-13H2,1-7H3,(H,32,33);13-16,18-19,27H,10-12H2,1-9H3;9-11,13-15,22H,7-8,19H2,1-6H3;3-5H2,1-2H3,(H,9,10);1H;;1H2/q;;;;;;+1;/p-1/t17-,18-,20+,21-,26+;16-,17-,19+,20-,25+;15-,16-,18+,19-;11-,13+,14-,15-;7-;;;/m00001.../s1. The summed E-state index contributed by atoms with van der Waals surface area (Å²) < 4.78 is 50.7. The maximum Gasteiger partial charge on any atom is 1.00 e. The maximum atomic E-state index is 13.8. The number of carboxylic acid groups (broad SMARTS) is 2. The van der Waals surface area contributed by atoms with E-state index in [0.717, 1.165) is 95.2 Å². The predicted molar refractivity (Wildman–Crippen MR) is 552 cm³/mol. The number of aliphatic hydroxyl groups excluding tert-OH is 4. The molecular formula is C102H170F3LiN12O24S4. The van der Waals surface area contributed by atoms with Gasteiger partial charge in [0.2, 0.25) is 29.9 Å². The zero-order valence-electron chi connectivity index (χ0n) is 92.4. The van der Waals surface area contributed by atoms with Gasteiger partial charge in [0.15, 0.2) is 34.3 Å². The molecule has 0 aliphatic carbocycles. The molecule has 0 bridgehead atoms. The minimum absolute atomic E-state index is 0. The van der Waals surface area contributed by atoms with E-state index in [4.69, 9.17) is 30.2 Å². The Bertz CT molecular complexity index is 4750. The first kappa shape index (κ1) is 138. The number of likely N-dealkylation sites (tertiary alicyclic amines) is 3. The molecule has 3 aliphatic rings. The molecule has 9 N–H and O–H groups in total. The topological polar surface area (TPSA) is 510 Å². The number of carboxylic acids is 2. The van der Waals surface area contributed by atoms with E-state index in [2.05, 4.69) is 39.2 Å². The Balaban J connectivity index is 0.00000182. The van der Waals surface area contributed by atoms with Crippen molar-refractivity contribution in [1.29, 1.82) is 0 Å². The number of nitrogens with zero attached hydrogens (tertiary/aromatic N) is 11. The molecule has 828 valence electrons. The Morgan fingerprint density at radius 3 is 0.884 bits per heavy atom. The fourth-order valence-corrected chi connectivity index (χ4v) is 20.7. The number of aliphatic hydroxyl groups is 4. The quantitative estimate of drug-likeness (QED) is 0.00935. The fourth-order valence-electron chi connectivity index (χ4n) is 17.6. The molecule has 4 aromatic heterocycles. The van der Waals surface area contributed by atoms with Gasteiger partial charge >= 0.3 is 60.9 Å². The van der Waals surface area contributed by atoms with Crippen molar-refractivity contribution in [2.24, 2.45) is 70.8 Å². The van der Waals surface area contributed by atoms with Crippen LogP contribution in [0.1, 0.15) is 348 Å². The van der Waals surface area contributed by atoms with Crippen molar-refractivity contribution in [3.8, 4) is 0 Å². The van der Waals surface area contributed by atoms with Crippen LogP contribution in [0.3, 0.4) is 0 Å². The second-order valence-electron chi connectivity index (χ2n) is 41.4. The van der Waals surface area contributed by atoms with Gasteiger partial charge in [0.05, 0.1) is 50.8 Å². The van der Waals surface area contributed by atoms with E-state index in [1.165, 1.54) is 60.7 Å². The van der Waals surface area contributed by atoms with Gasteiger partial charge in [-0.3, -0.25) is 57.9 Å². The van der Waals surface area contributed by atoms with Crippen molar-refractivity contribution in [1.82, 2.24) is 54.2 Å². The zero-order chi connectivity index (χ0) is 111. The smallest absolute Gasteiger partial charge is 0.870 e. The van der Waals surface area contributed by atoms with Crippen LogP contribution in [-0.4, -0.2) is 317 Å². The molecule has 4 amide bonds. The largest absolute Gasteiger partial charge is 1.00 e. The number of ether oxygens (including phenoxy) is 4. The number of amides is 4. The number of Topliss-reactive ketones (excluding diaryl/α,β-unsaturated/α-hetero) is 2. The summed E-state index contributed by atoms with van der Waals surface area (Å²) in [6.45, 7) is 45.9. The number of alkyl halides is 3. The third-order valence-electron chi connectivity index (χ3n) is 28.8. The van der Waals surface area contributed by atoms with Crippen molar-refractivity contribution in [3.63, 3.8) is 0 Å². The molecule has 4 aromatic rings. The molecule has 7 rings (SSSR count). The molecule has 0 aromatic carbocycles. The van der Waals surface area contributed by atoms with Crippen LogP contribution in [0, 0.1) is 65.1 Å². The number of carbonyl (C=O) groups is 13. The number of nitrogens with two attached hydrogens (primary N) is 1. The van der Waals surface area contributed by atoms with E-state index in [1.807, 2.05) is 151 Å². The van der Waals surface area contributed by atoms with Gasteiger partial charge in [-0.2, -0.15) is 13.2 Å². The van der Waals surface area contributed by atoms with Crippen molar-refractivity contribution in [3.05, 3.63) is 64.3 Å². The first-order valence-electron chi connectivity index (χ1n) is 49.7. The summed E-state index contributed by atoms with van der Waals surface area (Å²) in [5.74, 6) is -4.90. The number of hydrogen-bond acceptors (Lipinski definition) is 34. The number of aliphatic carboxylic acids is 1. The van der Waals surface area contributed by atoms with Crippen LogP contribution in [0.25, 0.3) is 0 Å². The van der Waals surface area contributed by atoms with Gasteiger partial charge in [-0.25, -0.2) is 39.1 Å². The number of likely N-dealkylation sites (N-methyl/N-ethyl adjacent to an activating group) is 4. The number of aldehydes is 1. The van der Waals surface area contributed by atoms with Gasteiger partial charge in [0.1, 0.15) is 55.6 Å². The first-order chi connectivity index (χ1) is 66.7.